The van der Waals surface area contributed by atoms with Gasteiger partial charge in [0.15, 0.2) is 34.5 Å². The maximum absolute atomic E-state index is 14.5. The normalized spacial score (nSPS) is 18.1. The van der Waals surface area contributed by atoms with Gasteiger partial charge < -0.3 is 61.5 Å². The number of likely N-dealkylation sites (tertiary alicyclic amines) is 1. The molecule has 0 aliphatic carbocycles. The Morgan fingerprint density at radius 1 is 0.540 bits per heavy atom. The van der Waals surface area contributed by atoms with Gasteiger partial charge in [-0.15, -0.1) is 34.4 Å². The summed E-state index contributed by atoms with van der Waals surface area (Å²) in [5.74, 6) is -2.15. The molecular weight excluding hydrogens is 1810 g/mol. The monoisotopic (exact) mass is 1920 g/mol. The summed E-state index contributed by atoms with van der Waals surface area (Å²) < 4.78 is 70.6. The zero-order chi connectivity index (χ0) is 91.2. The molecule has 672 valence electrons. The van der Waals surface area contributed by atoms with Crippen molar-refractivity contribution in [3.05, 3.63) is 198 Å². The number of aryl methyl sites for hydroxylation is 2. The molecule has 0 N–H and O–H groups in total. The van der Waals surface area contributed by atoms with Crippen molar-refractivity contribution in [2.24, 2.45) is 22.1 Å². The van der Waals surface area contributed by atoms with Gasteiger partial charge in [0.1, 0.15) is 101 Å². The third-order valence-electron chi connectivity index (χ3n) is 21.1. The maximum Gasteiger partial charge on any atom is 0.355 e. The lowest BCUT2D eigenvalue weighted by atomic mass is 9.89. The number of Topliss-reactive ketones (excluding diaryl/α,β-unsaturated/α-hetero) is 3. The molecule has 4 unspecified atom stereocenters. The van der Waals surface area contributed by atoms with Gasteiger partial charge in [-0.3, -0.25) is 38.0 Å². The average molecular weight is 1920 g/mol. The molecular formula is C92H107IN7O22S4+. The first kappa shape index (κ1) is 96.2. The van der Waals surface area contributed by atoms with Gasteiger partial charge >= 0.3 is 23.9 Å². The van der Waals surface area contributed by atoms with E-state index in [0.29, 0.717) is 72.9 Å². The number of fused-ring (bicyclic) bond motifs is 2. The number of amides is 2. The third kappa shape index (κ3) is 24.7. The predicted octanol–water partition coefficient (Wildman–Crippen LogP) is 14.0. The topological polar surface area (TPSA) is 338 Å². The van der Waals surface area contributed by atoms with E-state index in [1.54, 1.807) is 131 Å². The zero-order valence-electron chi connectivity index (χ0n) is 73.6. The van der Waals surface area contributed by atoms with Gasteiger partial charge in [-0.05, 0) is 177 Å². The van der Waals surface area contributed by atoms with E-state index >= 15 is 0 Å². The van der Waals surface area contributed by atoms with Crippen LogP contribution in [-0.2, 0) is 115 Å². The summed E-state index contributed by atoms with van der Waals surface area (Å²) in [7, 11) is 4.80. The van der Waals surface area contributed by atoms with Crippen LogP contribution in [-0.4, -0.2) is 197 Å². The molecule has 0 radical (unpaired) electrons. The SMILES string of the molecule is COc1ccc(COC(=O)C2=C(CI)C[S@](=O)C3C(CC(=O)/C(=N/OC(C)(C)C(=O)OC(C)(C)C)c4csc(C)n4)C(=O)N23)cc1.COc1ccc(COC(=O)C2=C(C[N+]3(CCC(=O)Cc4ccc(OCc5ccc(OC)cc5)c(OCc5ccc(OC)cc5)c4)CCCC3)CSC3C(CC(=O)/C(=N/OC(C)(C)C(=O)OC(C)(C)C)c4csc(C)n4)C(=O)N23)cc1. The van der Waals surface area contributed by atoms with Crippen LogP contribution in [0.1, 0.15) is 151 Å². The molecule has 29 nitrogen and oxygen atoms in total. The van der Waals surface area contributed by atoms with Crippen LogP contribution >= 0.6 is 57.0 Å². The quantitative estimate of drug-likeness (QED) is 0.00507. The van der Waals surface area contributed by atoms with E-state index in [4.69, 9.17) is 57.0 Å². The number of benzene rings is 5. The minimum Gasteiger partial charge on any atom is -0.497 e. The van der Waals surface area contributed by atoms with Gasteiger partial charge in [0.2, 0.25) is 23.0 Å². The predicted molar refractivity (Wildman–Crippen MR) is 484 cm³/mol. The standard InChI is InChI=1S/C61H71N4O13S2.C31H36IN3O9S2/c1-39-62-50(38-79-39)54(63-78-61(5,6)59(70)77-60(2,3)4)51(67)32-49-56(68)64-55(58(69)76-36-42-16-23-48(73-9)24-17-42)44(37-80-57(49)64)33-65(27-10-11-28-65)29-26-45(66)30-43-18-25-52(74-34-40-12-19-46(71-7)20-13-40)53(31-43)75-35-41-14-21-47(72-8)22-15-41;1-17-33-22(15-45-17)24(34-44-31(5,6)29(39)43-30(2,3)4)23(36)12-21-26(37)35-25(19(13-32)16-46(40)27(21)35)28(38)42-14-18-8-10-20(41-7)11-9-18/h12-25,31,38,49,57H,10-11,26-30,32-37H2,1-9H3;8-11,15,21,27H,12-14,16H2,1-7H3/q+1;/b63-54+;34-24+/t;21?,27?,46-/m.0/s1. The third-order valence-corrected chi connectivity index (χ3v) is 26.6. The molecule has 12 rings (SSSR count). The maximum atomic E-state index is 14.5. The fourth-order valence-corrected chi connectivity index (χ4v) is 19.7. The molecule has 0 bridgehead atoms. The van der Waals surface area contributed by atoms with Crippen molar-refractivity contribution in [2.75, 3.05) is 70.6 Å². The molecule has 0 saturated carbocycles. The van der Waals surface area contributed by atoms with Gasteiger partial charge in [0, 0.05) is 75.2 Å². The van der Waals surface area contributed by atoms with Crippen LogP contribution in [0, 0.1) is 25.7 Å². The lowest BCUT2D eigenvalue weighted by Crippen LogP contribution is -2.66. The number of oxime groups is 2. The van der Waals surface area contributed by atoms with E-state index in [-0.39, 0.29) is 91.2 Å². The summed E-state index contributed by atoms with van der Waals surface area (Å²) >= 11 is 6.15. The number of rotatable bonds is 38. The van der Waals surface area contributed by atoms with Gasteiger partial charge in [0.05, 0.1) is 81.7 Å². The van der Waals surface area contributed by atoms with Crippen molar-refractivity contribution < 1.29 is 109 Å². The number of esters is 4. The second kappa shape index (κ2) is 42.0. The van der Waals surface area contributed by atoms with Gasteiger partial charge in [-0.2, -0.15) is 0 Å². The van der Waals surface area contributed by atoms with E-state index in [2.05, 4.69) is 42.9 Å². The molecule has 34 heteroatoms. The number of carbonyl (C=O) groups is 9. The minimum absolute atomic E-state index is 0.0366. The first-order valence-corrected chi connectivity index (χ1v) is 46.7. The van der Waals surface area contributed by atoms with E-state index in [0.717, 1.165) is 70.8 Å². The van der Waals surface area contributed by atoms with E-state index in [9.17, 15) is 47.4 Å². The molecule has 5 aromatic carbocycles. The summed E-state index contributed by atoms with van der Waals surface area (Å²) in [6.07, 6.45) is 1.73. The molecule has 3 fully saturated rings. The molecule has 3 saturated heterocycles. The molecule has 2 aromatic heterocycles. The number of ketones is 3. The number of aromatic nitrogens is 2. The Hall–Kier alpha value is -10.4. The van der Waals surface area contributed by atoms with Crippen LogP contribution in [0.2, 0.25) is 0 Å². The highest BCUT2D eigenvalue weighted by Crippen LogP contribution is 2.48. The summed E-state index contributed by atoms with van der Waals surface area (Å²) in [5, 5.41) is 11.4. The smallest absolute Gasteiger partial charge is 0.355 e. The second-order valence-corrected chi connectivity index (χ2v) is 39.4. The minimum atomic E-state index is -1.57. The number of nitrogens with zero attached hydrogens (tertiary/aromatic N) is 7. The fraction of sp³-hybridized carbons (Fsp3) is 0.446. The summed E-state index contributed by atoms with van der Waals surface area (Å²) in [6, 6.07) is 35.1. The van der Waals surface area contributed by atoms with E-state index in [1.165, 1.54) is 71.9 Å². The van der Waals surface area contributed by atoms with Crippen LogP contribution < -0.4 is 28.4 Å². The van der Waals surface area contributed by atoms with Crippen LogP contribution in [0.25, 0.3) is 0 Å². The van der Waals surface area contributed by atoms with E-state index < -0.39 is 103 Å². The van der Waals surface area contributed by atoms with Crippen LogP contribution in [0.15, 0.2) is 159 Å². The second-order valence-electron chi connectivity index (χ2n) is 33.9. The number of hydrogen-bond donors (Lipinski definition) is 0. The number of thioether (sulfide) groups is 1. The van der Waals surface area contributed by atoms with Crippen LogP contribution in [0.5, 0.6) is 34.5 Å². The Balaban J connectivity index is 0.000000284. The van der Waals surface area contributed by atoms with Crippen molar-refractivity contribution >= 4 is 132 Å². The van der Waals surface area contributed by atoms with Crippen molar-refractivity contribution in [1.82, 2.24) is 19.8 Å². The molecule has 7 aromatic rings. The molecule has 126 heavy (non-hydrogen) atoms. The van der Waals surface area contributed by atoms with Crippen molar-refractivity contribution in [3.63, 3.8) is 0 Å². The molecule has 5 aliphatic rings. The number of thiazole rings is 2. The number of halogens is 1. The number of quaternary nitrogens is 1. The van der Waals surface area contributed by atoms with Crippen molar-refractivity contribution in [3.8, 4) is 34.5 Å². The highest BCUT2D eigenvalue weighted by molar-refractivity contribution is 14.1. The van der Waals surface area contributed by atoms with Gasteiger partial charge in [-0.25, -0.2) is 29.1 Å². The number of alkyl halides is 1. The number of β-lactam (4-membered cyclic amide) rings is 2. The van der Waals surface area contributed by atoms with Crippen molar-refractivity contribution in [2.45, 2.75) is 181 Å². The number of methoxy groups -OCH3 is 4. The van der Waals surface area contributed by atoms with Crippen LogP contribution in [0.3, 0.4) is 0 Å². The number of carbonyl (C=O) groups excluding carboxylic acids is 9. The molecule has 2 amide bonds. The lowest BCUT2D eigenvalue weighted by molar-refractivity contribution is -0.911. The summed E-state index contributed by atoms with van der Waals surface area (Å²) in [5.41, 5.74) is 1.13. The number of hydrogen-bond acceptors (Lipinski definition) is 29. The highest BCUT2D eigenvalue weighted by atomic mass is 127. The van der Waals surface area contributed by atoms with Gasteiger partial charge in [-0.1, -0.05) is 87.5 Å². The van der Waals surface area contributed by atoms with Crippen molar-refractivity contribution in [1.29, 1.82) is 0 Å². The Morgan fingerprint density at radius 2 is 0.952 bits per heavy atom. The average Bonchev–Trinajstić information content (AvgIpc) is 0.751. The fourth-order valence-electron chi connectivity index (χ4n) is 14.3. The summed E-state index contributed by atoms with van der Waals surface area (Å²) in [4.78, 5) is 147. The Labute approximate surface area is 761 Å². The first-order valence-electron chi connectivity index (χ1n) is 41.0. The molecule has 7 heterocycles. The van der Waals surface area contributed by atoms with Crippen LogP contribution in [0.4, 0.5) is 0 Å². The summed E-state index contributed by atoms with van der Waals surface area (Å²) in [6.45, 7) is 22.9. The lowest BCUT2D eigenvalue weighted by Gasteiger charge is -2.50. The number of ether oxygens (including phenoxy) is 10. The van der Waals surface area contributed by atoms with Gasteiger partial charge in [0.25, 0.3) is 0 Å². The highest BCUT2D eigenvalue weighted by Gasteiger charge is 2.58. The molecule has 5 aliphatic heterocycles. The molecule has 0 spiro atoms. The Bertz CT molecular complexity index is 5310. The van der Waals surface area contributed by atoms with E-state index in [1.807, 2.05) is 78.9 Å². The zero-order valence-corrected chi connectivity index (χ0v) is 79.0. The Morgan fingerprint density at radius 3 is 1.37 bits per heavy atom. The first-order chi connectivity index (χ1) is 59.8. The molecule has 5 atom stereocenters. The largest absolute Gasteiger partial charge is 0.497 e. The Kier molecular flexibility index (Phi) is 32.1.